The highest BCUT2D eigenvalue weighted by Crippen LogP contribution is 2.26. The summed E-state index contributed by atoms with van der Waals surface area (Å²) < 4.78 is 41.7. The van der Waals surface area contributed by atoms with Gasteiger partial charge in [-0.05, 0) is 48.5 Å². The summed E-state index contributed by atoms with van der Waals surface area (Å²) in [6.07, 6.45) is 3.07. The van der Waals surface area contributed by atoms with Crippen LogP contribution in [0.2, 0.25) is 0 Å². The molecule has 0 spiro atoms. The van der Waals surface area contributed by atoms with E-state index in [0.717, 1.165) is 12.1 Å². The van der Waals surface area contributed by atoms with Crippen LogP contribution in [0, 0.1) is 17.5 Å². The Hall–Kier alpha value is -4.01. The zero-order valence-electron chi connectivity index (χ0n) is 14.7. The molecule has 6 nitrogen and oxygen atoms in total. The monoisotopic (exact) mass is 395 g/mol. The summed E-state index contributed by atoms with van der Waals surface area (Å²) >= 11 is 0. The Morgan fingerprint density at radius 2 is 1.72 bits per heavy atom. The average Bonchev–Trinajstić information content (AvgIpc) is 3.16. The number of nitrogens with zero attached hydrogens (tertiary/aromatic N) is 4. The van der Waals surface area contributed by atoms with Crippen LogP contribution in [0.4, 0.5) is 18.9 Å². The molecule has 0 aliphatic heterocycles. The van der Waals surface area contributed by atoms with Gasteiger partial charge < -0.3 is 5.32 Å². The lowest BCUT2D eigenvalue weighted by molar-refractivity contribution is 0.102. The van der Waals surface area contributed by atoms with E-state index in [1.165, 1.54) is 35.1 Å². The first-order chi connectivity index (χ1) is 14.0. The standard InChI is InChI=1S/C20H12F3N5O/c21-13-3-6-15(7-4-13)28-19(12-2-1-9-24-11-12)18(26-27-28)20(29)25-17-8-5-14(22)10-16(17)23/h1-11H,(H,25,29). The van der Waals surface area contributed by atoms with Crippen LogP contribution < -0.4 is 5.32 Å². The lowest BCUT2D eigenvalue weighted by atomic mass is 10.1. The Morgan fingerprint density at radius 3 is 2.41 bits per heavy atom. The number of carbonyl (C=O) groups excluding carboxylic acids is 1. The van der Waals surface area contributed by atoms with E-state index in [1.807, 2.05) is 0 Å². The summed E-state index contributed by atoms with van der Waals surface area (Å²) in [6, 6.07) is 11.6. The second-order valence-corrected chi connectivity index (χ2v) is 5.99. The smallest absolute Gasteiger partial charge is 0.278 e. The van der Waals surface area contributed by atoms with Crippen molar-refractivity contribution in [3.05, 3.63) is 90.1 Å². The van der Waals surface area contributed by atoms with Gasteiger partial charge in [0.05, 0.1) is 11.4 Å². The van der Waals surface area contributed by atoms with Gasteiger partial charge in [-0.1, -0.05) is 5.21 Å². The van der Waals surface area contributed by atoms with Gasteiger partial charge in [0.2, 0.25) is 0 Å². The number of nitrogens with one attached hydrogen (secondary N) is 1. The minimum Gasteiger partial charge on any atom is -0.318 e. The number of halogens is 3. The third-order valence-electron chi connectivity index (χ3n) is 4.07. The van der Waals surface area contributed by atoms with Crippen LogP contribution in [0.25, 0.3) is 16.9 Å². The molecule has 0 saturated heterocycles. The van der Waals surface area contributed by atoms with Gasteiger partial charge in [0.1, 0.15) is 23.1 Å². The molecule has 9 heteroatoms. The minimum absolute atomic E-state index is 0.106. The molecular weight excluding hydrogens is 383 g/mol. The van der Waals surface area contributed by atoms with Crippen LogP contribution in [0.15, 0.2) is 67.0 Å². The van der Waals surface area contributed by atoms with Gasteiger partial charge >= 0.3 is 0 Å². The molecule has 1 N–H and O–H groups in total. The predicted octanol–water partition coefficient (Wildman–Crippen LogP) is 4.00. The first kappa shape index (κ1) is 18.4. The first-order valence-electron chi connectivity index (χ1n) is 8.41. The fraction of sp³-hybridized carbons (Fsp3) is 0. The number of amides is 1. The summed E-state index contributed by atoms with van der Waals surface area (Å²) in [4.78, 5) is 16.8. The molecule has 0 bridgehead atoms. The maximum Gasteiger partial charge on any atom is 0.278 e. The fourth-order valence-electron chi connectivity index (χ4n) is 2.73. The van der Waals surface area contributed by atoms with E-state index in [4.69, 9.17) is 0 Å². The number of benzene rings is 2. The molecule has 0 atom stereocenters. The second kappa shape index (κ2) is 7.55. The van der Waals surface area contributed by atoms with Crippen LogP contribution in [-0.2, 0) is 0 Å². The number of aromatic nitrogens is 4. The zero-order chi connectivity index (χ0) is 20.4. The average molecular weight is 395 g/mol. The lowest BCUT2D eigenvalue weighted by Gasteiger charge is -2.09. The van der Waals surface area contributed by atoms with Gasteiger partial charge in [-0.2, -0.15) is 0 Å². The number of carbonyl (C=O) groups is 1. The molecule has 4 aromatic rings. The van der Waals surface area contributed by atoms with Crippen LogP contribution >= 0.6 is 0 Å². The van der Waals surface area contributed by atoms with Crippen molar-refractivity contribution in [2.75, 3.05) is 5.32 Å². The second-order valence-electron chi connectivity index (χ2n) is 5.99. The molecule has 0 aliphatic carbocycles. The van der Waals surface area contributed by atoms with Gasteiger partial charge in [-0.25, -0.2) is 17.9 Å². The van der Waals surface area contributed by atoms with E-state index >= 15 is 0 Å². The highest BCUT2D eigenvalue weighted by Gasteiger charge is 2.23. The minimum atomic E-state index is -0.924. The molecule has 0 aliphatic rings. The predicted molar refractivity (Wildman–Crippen MR) is 98.9 cm³/mol. The summed E-state index contributed by atoms with van der Waals surface area (Å²) in [6.45, 7) is 0. The summed E-state index contributed by atoms with van der Waals surface area (Å²) in [7, 11) is 0. The number of hydrogen-bond acceptors (Lipinski definition) is 4. The van der Waals surface area contributed by atoms with Crippen molar-refractivity contribution < 1.29 is 18.0 Å². The Kier molecular flexibility index (Phi) is 4.78. The molecule has 1 amide bonds. The van der Waals surface area contributed by atoms with Crippen LogP contribution in [0.1, 0.15) is 10.5 Å². The van der Waals surface area contributed by atoms with Crippen LogP contribution in [0.3, 0.4) is 0 Å². The molecule has 4 rings (SSSR count). The summed E-state index contributed by atoms with van der Waals surface area (Å²) in [5.74, 6) is -2.87. The van der Waals surface area contributed by atoms with Gasteiger partial charge in [0, 0.05) is 24.0 Å². The molecule has 0 unspecified atom stereocenters. The highest BCUT2D eigenvalue weighted by molar-refractivity contribution is 6.06. The van der Waals surface area contributed by atoms with Crippen molar-refractivity contribution in [1.82, 2.24) is 20.0 Å². The van der Waals surface area contributed by atoms with Crippen molar-refractivity contribution >= 4 is 11.6 Å². The molecule has 0 radical (unpaired) electrons. The van der Waals surface area contributed by atoms with E-state index < -0.39 is 23.4 Å². The zero-order valence-corrected chi connectivity index (χ0v) is 14.7. The topological polar surface area (TPSA) is 72.7 Å². The van der Waals surface area contributed by atoms with E-state index in [0.29, 0.717) is 17.3 Å². The fourth-order valence-corrected chi connectivity index (χ4v) is 2.73. The van der Waals surface area contributed by atoms with Crippen molar-refractivity contribution in [2.45, 2.75) is 0 Å². The third kappa shape index (κ3) is 3.70. The quantitative estimate of drug-likeness (QED) is 0.567. The maximum atomic E-state index is 13.9. The van der Waals surface area contributed by atoms with E-state index in [2.05, 4.69) is 20.6 Å². The van der Waals surface area contributed by atoms with Crippen molar-refractivity contribution in [3.8, 4) is 16.9 Å². The summed E-state index contributed by atoms with van der Waals surface area (Å²) in [5, 5.41) is 10.3. The Balaban J connectivity index is 1.79. The van der Waals surface area contributed by atoms with E-state index in [9.17, 15) is 18.0 Å². The largest absolute Gasteiger partial charge is 0.318 e. The van der Waals surface area contributed by atoms with Crippen LogP contribution in [-0.4, -0.2) is 25.9 Å². The number of pyridine rings is 1. The third-order valence-corrected chi connectivity index (χ3v) is 4.07. The number of rotatable bonds is 4. The first-order valence-corrected chi connectivity index (χ1v) is 8.41. The normalized spacial score (nSPS) is 10.7. The lowest BCUT2D eigenvalue weighted by Crippen LogP contribution is -2.15. The van der Waals surface area contributed by atoms with Crippen molar-refractivity contribution in [1.29, 1.82) is 0 Å². The Bertz CT molecular complexity index is 1180. The van der Waals surface area contributed by atoms with Crippen molar-refractivity contribution in [2.24, 2.45) is 0 Å². The molecule has 29 heavy (non-hydrogen) atoms. The molecule has 0 saturated carbocycles. The highest BCUT2D eigenvalue weighted by atomic mass is 19.1. The van der Waals surface area contributed by atoms with Gasteiger partial charge in [0.15, 0.2) is 5.69 Å². The SMILES string of the molecule is O=C(Nc1ccc(F)cc1F)c1nnn(-c2ccc(F)cc2)c1-c1cccnc1. The van der Waals surface area contributed by atoms with Gasteiger partial charge in [-0.15, -0.1) is 5.10 Å². The molecule has 2 aromatic carbocycles. The molecule has 2 heterocycles. The molecule has 2 aromatic heterocycles. The molecule has 144 valence electrons. The maximum absolute atomic E-state index is 13.9. The molecule has 0 fully saturated rings. The molecular formula is C20H12F3N5O. The number of anilines is 1. The Morgan fingerprint density at radius 1 is 0.966 bits per heavy atom. The van der Waals surface area contributed by atoms with Gasteiger partial charge in [-0.3, -0.25) is 9.78 Å². The Labute approximate surface area is 162 Å². The van der Waals surface area contributed by atoms with Gasteiger partial charge in [0.25, 0.3) is 5.91 Å². The van der Waals surface area contributed by atoms with E-state index in [-0.39, 0.29) is 17.1 Å². The van der Waals surface area contributed by atoms with E-state index in [1.54, 1.807) is 18.3 Å². The summed E-state index contributed by atoms with van der Waals surface area (Å²) in [5.41, 5.74) is 0.956. The number of hydrogen-bond donors (Lipinski definition) is 1. The van der Waals surface area contributed by atoms with Crippen LogP contribution in [0.5, 0.6) is 0 Å². The van der Waals surface area contributed by atoms with Crippen molar-refractivity contribution in [3.63, 3.8) is 0 Å².